The molecule has 0 bridgehead atoms. The second kappa shape index (κ2) is 7.80. The smallest absolute Gasteiger partial charge is 0.384 e. The van der Waals surface area contributed by atoms with Gasteiger partial charge in [0.25, 0.3) is 0 Å². The fourth-order valence-corrected chi connectivity index (χ4v) is 3.46. The molecular weight excluding hydrogens is 343 g/mol. The van der Waals surface area contributed by atoms with Crippen molar-refractivity contribution >= 4 is 16.6 Å². The molecule has 1 N–H and O–H groups in total. The Labute approximate surface area is 151 Å². The number of anilines is 1. The molecule has 1 aromatic heterocycles. The van der Waals surface area contributed by atoms with Crippen LogP contribution in [0.5, 0.6) is 0 Å². The van der Waals surface area contributed by atoms with Crippen LogP contribution in [0.2, 0.25) is 0 Å². The Hall–Kier alpha value is -1.86. The number of morpholine rings is 1. The molecule has 3 rings (SSSR count). The number of hydrogen-bond donors (Lipinski definition) is 1. The molecule has 0 unspecified atom stereocenters. The molecule has 7 heteroatoms. The largest absolute Gasteiger partial charge is 0.433 e. The van der Waals surface area contributed by atoms with Gasteiger partial charge >= 0.3 is 6.18 Å². The van der Waals surface area contributed by atoms with E-state index >= 15 is 0 Å². The molecular formula is C19H24F3N3O. The monoisotopic (exact) mass is 367 g/mol. The van der Waals surface area contributed by atoms with Gasteiger partial charge in [0.1, 0.15) is 5.69 Å². The van der Waals surface area contributed by atoms with Gasteiger partial charge in [-0.3, -0.25) is 4.90 Å². The molecule has 4 nitrogen and oxygen atoms in total. The number of rotatable bonds is 5. The number of ether oxygens (including phenoxy) is 1. The van der Waals surface area contributed by atoms with Crippen molar-refractivity contribution in [2.24, 2.45) is 0 Å². The zero-order valence-corrected chi connectivity index (χ0v) is 15.0. The van der Waals surface area contributed by atoms with Gasteiger partial charge in [-0.15, -0.1) is 0 Å². The fourth-order valence-electron chi connectivity index (χ4n) is 3.46. The van der Waals surface area contributed by atoms with Gasteiger partial charge in [-0.05, 0) is 32.4 Å². The highest BCUT2D eigenvalue weighted by molar-refractivity contribution is 5.91. The number of nitrogens with zero attached hydrogens (tertiary/aromatic N) is 2. The topological polar surface area (TPSA) is 37.4 Å². The number of nitrogens with one attached hydrogen (secondary N) is 1. The van der Waals surface area contributed by atoms with Crippen LogP contribution in [0.4, 0.5) is 18.9 Å². The van der Waals surface area contributed by atoms with Crippen molar-refractivity contribution in [2.45, 2.75) is 38.7 Å². The zero-order valence-electron chi connectivity index (χ0n) is 15.0. The van der Waals surface area contributed by atoms with Gasteiger partial charge in [0.15, 0.2) is 0 Å². The molecule has 1 aliphatic rings. The first-order valence-corrected chi connectivity index (χ1v) is 8.91. The predicted molar refractivity (Wildman–Crippen MR) is 96.3 cm³/mol. The number of aromatic nitrogens is 1. The van der Waals surface area contributed by atoms with Crippen molar-refractivity contribution in [3.05, 3.63) is 36.0 Å². The average molecular weight is 367 g/mol. The molecule has 0 saturated carbocycles. The number of hydrogen-bond acceptors (Lipinski definition) is 4. The Morgan fingerprint density at radius 3 is 2.58 bits per heavy atom. The van der Waals surface area contributed by atoms with E-state index in [9.17, 15) is 13.2 Å². The lowest BCUT2D eigenvalue weighted by molar-refractivity contribution is -0.140. The molecule has 2 heterocycles. The maximum atomic E-state index is 13.1. The van der Waals surface area contributed by atoms with E-state index < -0.39 is 11.9 Å². The third kappa shape index (κ3) is 4.65. The van der Waals surface area contributed by atoms with Crippen molar-refractivity contribution in [1.82, 2.24) is 9.88 Å². The lowest BCUT2D eigenvalue weighted by Crippen LogP contribution is -2.45. The van der Waals surface area contributed by atoms with Gasteiger partial charge < -0.3 is 10.1 Å². The molecule has 0 spiro atoms. The van der Waals surface area contributed by atoms with Crippen LogP contribution in [0.15, 0.2) is 30.3 Å². The standard InChI is InChI=1S/C19H24F3N3O/c1-13-11-25(12-14(2)26-13)9-5-8-23-17-10-18(19(20,21)22)24-16-7-4-3-6-15(16)17/h3-4,6-7,10,13-14H,5,8-9,11-12H2,1-2H3,(H,23,24)/t13-,14-/m0/s1. The molecule has 1 saturated heterocycles. The first-order valence-electron chi connectivity index (χ1n) is 8.91. The summed E-state index contributed by atoms with van der Waals surface area (Å²) in [4.78, 5) is 6.08. The zero-order chi connectivity index (χ0) is 18.7. The molecule has 1 aliphatic heterocycles. The first kappa shape index (κ1) is 18.9. The molecule has 2 aromatic rings. The molecule has 0 aliphatic carbocycles. The van der Waals surface area contributed by atoms with Crippen LogP contribution in [0.3, 0.4) is 0 Å². The van der Waals surface area contributed by atoms with Crippen LogP contribution in [-0.2, 0) is 10.9 Å². The summed E-state index contributed by atoms with van der Waals surface area (Å²) >= 11 is 0. The minimum absolute atomic E-state index is 0.213. The molecule has 1 fully saturated rings. The fraction of sp³-hybridized carbons (Fsp3) is 0.526. The lowest BCUT2D eigenvalue weighted by Gasteiger charge is -2.35. The van der Waals surface area contributed by atoms with Crippen LogP contribution in [0.25, 0.3) is 10.9 Å². The number of fused-ring (bicyclic) bond motifs is 1. The summed E-state index contributed by atoms with van der Waals surface area (Å²) in [6.45, 7) is 7.39. The lowest BCUT2D eigenvalue weighted by atomic mass is 10.1. The quantitative estimate of drug-likeness (QED) is 0.805. The number of alkyl halides is 3. The minimum Gasteiger partial charge on any atom is -0.384 e. The number of halogens is 3. The van der Waals surface area contributed by atoms with Gasteiger partial charge in [-0.1, -0.05) is 18.2 Å². The van der Waals surface area contributed by atoms with Crippen molar-refractivity contribution in [1.29, 1.82) is 0 Å². The van der Waals surface area contributed by atoms with Gasteiger partial charge in [0.05, 0.1) is 17.7 Å². The Bertz CT molecular complexity index is 740. The predicted octanol–water partition coefficient (Wildman–Crippen LogP) is 4.16. The van der Waals surface area contributed by atoms with Crippen LogP contribution in [0, 0.1) is 0 Å². The van der Waals surface area contributed by atoms with Gasteiger partial charge in [0, 0.05) is 37.3 Å². The molecule has 0 amide bonds. The van der Waals surface area contributed by atoms with Gasteiger partial charge in [0.2, 0.25) is 0 Å². The summed E-state index contributed by atoms with van der Waals surface area (Å²) in [5, 5.41) is 3.87. The molecule has 2 atom stereocenters. The summed E-state index contributed by atoms with van der Waals surface area (Å²) in [7, 11) is 0. The Balaban J connectivity index is 1.65. The van der Waals surface area contributed by atoms with E-state index in [2.05, 4.69) is 29.0 Å². The van der Waals surface area contributed by atoms with Crippen LogP contribution >= 0.6 is 0 Å². The second-order valence-corrected chi connectivity index (χ2v) is 6.87. The number of para-hydroxylation sites is 1. The Morgan fingerprint density at radius 1 is 1.19 bits per heavy atom. The van der Waals surface area contributed by atoms with Crippen LogP contribution in [-0.4, -0.2) is 48.3 Å². The van der Waals surface area contributed by atoms with Crippen molar-refractivity contribution in [3.63, 3.8) is 0 Å². The number of pyridine rings is 1. The van der Waals surface area contributed by atoms with Crippen molar-refractivity contribution in [2.75, 3.05) is 31.5 Å². The average Bonchev–Trinajstić information content (AvgIpc) is 2.56. The van der Waals surface area contributed by atoms with Crippen LogP contribution < -0.4 is 5.32 Å². The highest BCUT2D eigenvalue weighted by Gasteiger charge is 2.33. The maximum Gasteiger partial charge on any atom is 0.433 e. The SMILES string of the molecule is C[C@H]1CN(CCCNc2cc(C(F)(F)F)nc3ccccc23)C[C@H](C)O1. The van der Waals surface area contributed by atoms with E-state index in [0.717, 1.165) is 32.1 Å². The van der Waals surface area contributed by atoms with Crippen molar-refractivity contribution in [3.8, 4) is 0 Å². The van der Waals surface area contributed by atoms with Crippen LogP contribution in [0.1, 0.15) is 26.0 Å². The second-order valence-electron chi connectivity index (χ2n) is 6.87. The van der Waals surface area contributed by atoms with E-state index in [4.69, 9.17) is 4.74 Å². The van der Waals surface area contributed by atoms with Crippen molar-refractivity contribution < 1.29 is 17.9 Å². The highest BCUT2D eigenvalue weighted by atomic mass is 19.4. The molecule has 0 radical (unpaired) electrons. The third-order valence-corrected chi connectivity index (χ3v) is 4.47. The minimum atomic E-state index is -4.46. The maximum absolute atomic E-state index is 13.1. The van der Waals surface area contributed by atoms with E-state index in [1.165, 1.54) is 0 Å². The molecule has 142 valence electrons. The Morgan fingerprint density at radius 2 is 1.88 bits per heavy atom. The van der Waals surface area contributed by atoms with E-state index in [1.807, 2.05) is 0 Å². The van der Waals surface area contributed by atoms with Gasteiger partial charge in [-0.25, -0.2) is 4.98 Å². The summed E-state index contributed by atoms with van der Waals surface area (Å²) in [5.74, 6) is 0. The first-order chi connectivity index (χ1) is 12.3. The Kier molecular flexibility index (Phi) is 5.67. The molecule has 26 heavy (non-hydrogen) atoms. The summed E-state index contributed by atoms with van der Waals surface area (Å²) < 4.78 is 45.0. The third-order valence-electron chi connectivity index (χ3n) is 4.47. The normalized spacial score (nSPS) is 21.9. The van der Waals surface area contributed by atoms with Gasteiger partial charge in [-0.2, -0.15) is 13.2 Å². The summed E-state index contributed by atoms with van der Waals surface area (Å²) in [6, 6.07) is 7.99. The summed E-state index contributed by atoms with van der Waals surface area (Å²) in [6.07, 6.45) is -3.19. The van der Waals surface area contributed by atoms with E-state index in [1.54, 1.807) is 24.3 Å². The van der Waals surface area contributed by atoms with E-state index in [0.29, 0.717) is 23.1 Å². The van der Waals surface area contributed by atoms with E-state index in [-0.39, 0.29) is 12.2 Å². The highest BCUT2D eigenvalue weighted by Crippen LogP contribution is 2.32. The number of benzene rings is 1. The summed E-state index contributed by atoms with van der Waals surface area (Å²) in [5.41, 5.74) is -0.0400. The molecule has 1 aromatic carbocycles.